The lowest BCUT2D eigenvalue weighted by Gasteiger charge is -2.16. The molecular formula is C48H44N2O4. The fourth-order valence-corrected chi connectivity index (χ4v) is 7.51. The van der Waals surface area contributed by atoms with Crippen molar-refractivity contribution in [2.24, 2.45) is 9.98 Å². The Kier molecular flexibility index (Phi) is 10.6. The quantitative estimate of drug-likeness (QED) is 0.0674. The number of rotatable bonds is 9. The fourth-order valence-electron chi connectivity index (χ4n) is 7.51. The molecule has 6 aromatic carbocycles. The third-order valence-corrected chi connectivity index (χ3v) is 9.81. The summed E-state index contributed by atoms with van der Waals surface area (Å²) in [5, 5.41) is 25.4. The van der Waals surface area contributed by atoms with Crippen LogP contribution in [0.15, 0.2) is 130 Å². The van der Waals surface area contributed by atoms with E-state index in [1.54, 1.807) is 0 Å². The lowest BCUT2D eigenvalue weighted by molar-refractivity contribution is 0.102. The van der Waals surface area contributed by atoms with Crippen molar-refractivity contribution in [3.05, 3.63) is 164 Å². The van der Waals surface area contributed by atoms with Gasteiger partial charge in [-0.25, -0.2) is 0 Å². The van der Waals surface area contributed by atoms with Crippen LogP contribution in [0.3, 0.4) is 0 Å². The van der Waals surface area contributed by atoms with E-state index >= 15 is 0 Å². The Morgan fingerprint density at radius 2 is 0.833 bits per heavy atom. The van der Waals surface area contributed by atoms with E-state index in [0.29, 0.717) is 22.5 Å². The van der Waals surface area contributed by atoms with Gasteiger partial charge in [-0.2, -0.15) is 0 Å². The van der Waals surface area contributed by atoms with Crippen molar-refractivity contribution in [1.29, 1.82) is 0 Å². The molecule has 0 atom stereocenters. The second-order valence-electron chi connectivity index (χ2n) is 14.1. The zero-order valence-electron chi connectivity index (χ0n) is 32.0. The summed E-state index contributed by atoms with van der Waals surface area (Å²) in [6.45, 7) is 14.5. The molecule has 2 N–H and O–H groups in total. The summed E-state index contributed by atoms with van der Waals surface area (Å²) in [6.07, 6.45) is 2.89. The standard InChI is InChI=1S/C48H44N2O4/c1-27-21-29(3)43(30(4)22-27)47(53)39(33(7)51)25-49-41-19-17-35-13-9-11-15-37(35)45(41)46-38-16-12-10-14-36(38)18-20-42(46)50-26-40(34(8)52)48(54)44-31(5)23-28(2)24-32(44)6/h9-26,51-52H,1-8H3. The van der Waals surface area contributed by atoms with Crippen LogP contribution in [0, 0.1) is 41.5 Å². The van der Waals surface area contributed by atoms with Crippen molar-refractivity contribution in [2.75, 3.05) is 0 Å². The molecule has 0 unspecified atom stereocenters. The van der Waals surface area contributed by atoms with Crippen LogP contribution < -0.4 is 0 Å². The molecule has 270 valence electrons. The third-order valence-electron chi connectivity index (χ3n) is 9.81. The number of carbonyl (C=O) groups is 2. The summed E-state index contributed by atoms with van der Waals surface area (Å²) in [5.41, 5.74) is 9.31. The van der Waals surface area contributed by atoms with Gasteiger partial charge in [0.2, 0.25) is 0 Å². The molecule has 0 saturated heterocycles. The largest absolute Gasteiger partial charge is 0.512 e. The van der Waals surface area contributed by atoms with Crippen molar-refractivity contribution in [2.45, 2.75) is 55.4 Å². The minimum atomic E-state index is -0.311. The van der Waals surface area contributed by atoms with Gasteiger partial charge in [0.1, 0.15) is 11.5 Å². The van der Waals surface area contributed by atoms with Crippen LogP contribution in [0.2, 0.25) is 0 Å². The molecule has 6 nitrogen and oxygen atoms in total. The van der Waals surface area contributed by atoms with E-state index in [-0.39, 0.29) is 34.2 Å². The maximum Gasteiger partial charge on any atom is 0.198 e. The molecule has 0 amide bonds. The van der Waals surface area contributed by atoms with Gasteiger partial charge in [-0.15, -0.1) is 0 Å². The van der Waals surface area contributed by atoms with Gasteiger partial charge in [0.15, 0.2) is 11.6 Å². The van der Waals surface area contributed by atoms with Crippen LogP contribution in [-0.2, 0) is 0 Å². The van der Waals surface area contributed by atoms with E-state index in [1.807, 2.05) is 139 Å². The number of Topliss-reactive ketones (excluding diaryl/α,β-unsaturated/α-hetero) is 2. The van der Waals surface area contributed by atoms with Gasteiger partial charge in [0.05, 0.1) is 22.5 Å². The monoisotopic (exact) mass is 712 g/mol. The average molecular weight is 713 g/mol. The van der Waals surface area contributed by atoms with E-state index in [9.17, 15) is 19.8 Å². The molecular weight excluding hydrogens is 669 g/mol. The van der Waals surface area contributed by atoms with Gasteiger partial charge in [-0.3, -0.25) is 19.6 Å². The Balaban J connectivity index is 1.56. The highest BCUT2D eigenvalue weighted by atomic mass is 16.3. The molecule has 0 aliphatic heterocycles. The molecule has 0 spiro atoms. The fraction of sp³-hybridized carbons (Fsp3) is 0.167. The number of hydrogen-bond acceptors (Lipinski definition) is 6. The number of aliphatic hydroxyl groups excluding tert-OH is 2. The number of aliphatic imine (C=N–C) groups is 2. The average Bonchev–Trinajstić information content (AvgIpc) is 3.10. The van der Waals surface area contributed by atoms with Gasteiger partial charge in [0, 0.05) is 34.7 Å². The second-order valence-corrected chi connectivity index (χ2v) is 14.1. The van der Waals surface area contributed by atoms with E-state index in [2.05, 4.69) is 0 Å². The van der Waals surface area contributed by atoms with E-state index in [0.717, 1.165) is 66.1 Å². The van der Waals surface area contributed by atoms with Crippen LogP contribution in [0.4, 0.5) is 11.4 Å². The topological polar surface area (TPSA) is 99.3 Å². The summed E-state index contributed by atoms with van der Waals surface area (Å²) in [5.74, 6) is -0.894. The molecule has 0 aliphatic rings. The second kappa shape index (κ2) is 15.3. The number of fused-ring (bicyclic) bond motifs is 2. The van der Waals surface area contributed by atoms with E-state index in [1.165, 1.54) is 26.3 Å². The number of hydrogen-bond donors (Lipinski definition) is 2. The number of ketones is 2. The molecule has 54 heavy (non-hydrogen) atoms. The molecule has 0 heterocycles. The summed E-state index contributed by atoms with van der Waals surface area (Å²) in [4.78, 5) is 37.8. The van der Waals surface area contributed by atoms with Crippen molar-refractivity contribution >= 4 is 56.9 Å². The number of nitrogens with zero attached hydrogens (tertiary/aromatic N) is 2. The SMILES string of the molecule is CC(O)=C(C=Nc1ccc2ccccc2c1-c1c(N=CC(C(=O)c2c(C)cc(C)cc2C)=C(C)O)ccc2ccccc12)C(=O)c1c(C)cc(C)cc1C. The summed E-state index contributed by atoms with van der Waals surface area (Å²) in [7, 11) is 0. The summed E-state index contributed by atoms with van der Waals surface area (Å²) < 4.78 is 0. The molecule has 0 radical (unpaired) electrons. The van der Waals surface area contributed by atoms with E-state index in [4.69, 9.17) is 9.98 Å². The number of aliphatic hydroxyl groups is 2. The minimum absolute atomic E-state index is 0.0914. The molecule has 0 aliphatic carbocycles. The van der Waals surface area contributed by atoms with Gasteiger partial charge in [0.25, 0.3) is 0 Å². The third kappa shape index (κ3) is 7.28. The maximum absolute atomic E-state index is 14.0. The van der Waals surface area contributed by atoms with Crippen molar-refractivity contribution in [1.82, 2.24) is 0 Å². The first-order valence-corrected chi connectivity index (χ1v) is 17.9. The van der Waals surface area contributed by atoms with Crippen LogP contribution in [0.5, 0.6) is 0 Å². The highest BCUT2D eigenvalue weighted by Crippen LogP contribution is 2.45. The molecule has 6 heteroatoms. The Labute approximate surface area is 316 Å². The first-order chi connectivity index (χ1) is 25.8. The summed E-state index contributed by atoms with van der Waals surface area (Å²) in [6, 6.07) is 31.6. The first-order valence-electron chi connectivity index (χ1n) is 17.9. The smallest absolute Gasteiger partial charge is 0.198 e. The Morgan fingerprint density at radius 1 is 0.500 bits per heavy atom. The van der Waals surface area contributed by atoms with Gasteiger partial charge >= 0.3 is 0 Å². The van der Waals surface area contributed by atoms with Crippen molar-refractivity contribution in [3.8, 4) is 11.1 Å². The van der Waals surface area contributed by atoms with Crippen molar-refractivity contribution in [3.63, 3.8) is 0 Å². The molecule has 0 saturated carbocycles. The van der Waals surface area contributed by atoms with Gasteiger partial charge in [-0.05, 0) is 111 Å². The first kappa shape index (κ1) is 37.4. The maximum atomic E-state index is 14.0. The highest BCUT2D eigenvalue weighted by Gasteiger charge is 2.22. The predicted octanol–water partition coefficient (Wildman–Crippen LogP) is 12.3. The molecule has 0 fully saturated rings. The van der Waals surface area contributed by atoms with Crippen LogP contribution >= 0.6 is 0 Å². The molecule has 0 aromatic heterocycles. The Morgan fingerprint density at radius 3 is 1.17 bits per heavy atom. The predicted molar refractivity (Wildman–Crippen MR) is 224 cm³/mol. The zero-order valence-corrected chi connectivity index (χ0v) is 32.0. The van der Waals surface area contributed by atoms with Gasteiger partial charge in [-0.1, -0.05) is 96.1 Å². The van der Waals surface area contributed by atoms with Crippen LogP contribution in [-0.4, -0.2) is 34.2 Å². The molecule has 6 rings (SSSR count). The minimum Gasteiger partial charge on any atom is -0.512 e. The van der Waals surface area contributed by atoms with Crippen LogP contribution in [0.1, 0.15) is 67.9 Å². The Hall–Kier alpha value is -6.40. The van der Waals surface area contributed by atoms with Crippen molar-refractivity contribution < 1.29 is 19.8 Å². The summed E-state index contributed by atoms with van der Waals surface area (Å²) >= 11 is 0. The number of aryl methyl sites for hydroxylation is 6. The Bertz CT molecular complexity index is 2400. The molecule has 0 bridgehead atoms. The van der Waals surface area contributed by atoms with Gasteiger partial charge < -0.3 is 10.2 Å². The highest BCUT2D eigenvalue weighted by molar-refractivity contribution is 6.24. The van der Waals surface area contributed by atoms with E-state index < -0.39 is 0 Å². The normalized spacial score (nSPS) is 12.8. The molecule has 6 aromatic rings. The lowest BCUT2D eigenvalue weighted by Crippen LogP contribution is -2.11. The number of allylic oxidation sites excluding steroid dienone is 4. The lowest BCUT2D eigenvalue weighted by atomic mass is 9.90. The van der Waals surface area contributed by atoms with Crippen LogP contribution in [0.25, 0.3) is 32.7 Å². The zero-order chi connectivity index (χ0) is 38.8. The number of benzene rings is 6. The number of carbonyl (C=O) groups excluding carboxylic acids is 2.